The van der Waals surface area contributed by atoms with E-state index in [0.29, 0.717) is 24.5 Å². The van der Waals surface area contributed by atoms with Crippen LogP contribution in [0.3, 0.4) is 0 Å². The zero-order chi connectivity index (χ0) is 11.0. The molecule has 0 radical (unpaired) electrons. The Morgan fingerprint density at radius 2 is 2.13 bits per heavy atom. The average Bonchev–Trinajstić information content (AvgIpc) is 3.02. The van der Waals surface area contributed by atoms with E-state index in [4.69, 9.17) is 5.73 Å². The van der Waals surface area contributed by atoms with Crippen LogP contribution in [-0.2, 0) is 4.79 Å². The molecule has 1 aliphatic heterocycles. The van der Waals surface area contributed by atoms with Gasteiger partial charge >= 0.3 is 0 Å². The summed E-state index contributed by atoms with van der Waals surface area (Å²) in [6.07, 6.45) is 3.16. The van der Waals surface area contributed by atoms with E-state index in [9.17, 15) is 4.79 Å². The number of likely N-dealkylation sites (N-methyl/N-ethyl adjacent to an activating group) is 1. The Morgan fingerprint density at radius 3 is 2.67 bits per heavy atom. The first-order valence-corrected chi connectivity index (χ1v) is 5.87. The lowest BCUT2D eigenvalue weighted by molar-refractivity contribution is -0.144. The van der Waals surface area contributed by atoms with Gasteiger partial charge in [-0.25, -0.2) is 0 Å². The summed E-state index contributed by atoms with van der Waals surface area (Å²) in [6, 6.07) is 1.01. The number of rotatable bonds is 3. The zero-order valence-corrected chi connectivity index (χ0v) is 9.65. The summed E-state index contributed by atoms with van der Waals surface area (Å²) in [6.45, 7) is 3.67. The standard InChI is InChI=1S/C11H21N3O/c1-8-7-14(9-3-4-9)11(15)10(5-6-12)13(8)2/h8-10H,3-7,12H2,1-2H3. The predicted octanol–water partition coefficient (Wildman–Crippen LogP) is 0.0287. The van der Waals surface area contributed by atoms with Gasteiger partial charge < -0.3 is 10.6 Å². The number of carbonyl (C=O) groups excluding carboxylic acids is 1. The Balaban J connectivity index is 2.08. The molecule has 0 aromatic heterocycles. The van der Waals surface area contributed by atoms with Crippen LogP contribution in [0.15, 0.2) is 0 Å². The second kappa shape index (κ2) is 4.10. The molecule has 2 rings (SSSR count). The van der Waals surface area contributed by atoms with Crippen LogP contribution in [0.2, 0.25) is 0 Å². The van der Waals surface area contributed by atoms with E-state index >= 15 is 0 Å². The molecule has 0 spiro atoms. The molecule has 1 saturated carbocycles. The first-order valence-electron chi connectivity index (χ1n) is 5.87. The normalized spacial score (nSPS) is 33.5. The van der Waals surface area contributed by atoms with Crippen molar-refractivity contribution in [3.8, 4) is 0 Å². The number of nitrogens with two attached hydrogens (primary N) is 1. The minimum atomic E-state index is 0.0133. The lowest BCUT2D eigenvalue weighted by Crippen LogP contribution is -2.60. The van der Waals surface area contributed by atoms with Gasteiger partial charge in [0.2, 0.25) is 5.91 Å². The fraction of sp³-hybridized carbons (Fsp3) is 0.909. The smallest absolute Gasteiger partial charge is 0.240 e. The van der Waals surface area contributed by atoms with Gasteiger partial charge in [0.25, 0.3) is 0 Å². The van der Waals surface area contributed by atoms with E-state index in [1.807, 2.05) is 7.05 Å². The van der Waals surface area contributed by atoms with Crippen molar-refractivity contribution in [3.05, 3.63) is 0 Å². The average molecular weight is 211 g/mol. The number of hydrogen-bond acceptors (Lipinski definition) is 3. The topological polar surface area (TPSA) is 49.6 Å². The van der Waals surface area contributed by atoms with Gasteiger partial charge in [-0.3, -0.25) is 9.69 Å². The van der Waals surface area contributed by atoms with Gasteiger partial charge in [-0.2, -0.15) is 0 Å². The summed E-state index contributed by atoms with van der Waals surface area (Å²) in [5, 5.41) is 0. The SMILES string of the molecule is CC1CN(C2CC2)C(=O)C(CCN)N1C. The number of piperazine rings is 1. The van der Waals surface area contributed by atoms with Gasteiger partial charge in [0.15, 0.2) is 0 Å². The van der Waals surface area contributed by atoms with Crippen molar-refractivity contribution in [2.24, 2.45) is 5.73 Å². The van der Waals surface area contributed by atoms with E-state index in [0.717, 1.165) is 13.0 Å². The maximum absolute atomic E-state index is 12.2. The van der Waals surface area contributed by atoms with Gasteiger partial charge in [0.1, 0.15) is 0 Å². The quantitative estimate of drug-likeness (QED) is 0.716. The van der Waals surface area contributed by atoms with Crippen LogP contribution in [0, 0.1) is 0 Å². The maximum Gasteiger partial charge on any atom is 0.240 e. The summed E-state index contributed by atoms with van der Waals surface area (Å²) in [7, 11) is 2.03. The summed E-state index contributed by atoms with van der Waals surface area (Å²) in [4.78, 5) is 16.4. The van der Waals surface area contributed by atoms with E-state index in [1.165, 1.54) is 12.8 Å². The molecular weight excluding hydrogens is 190 g/mol. The van der Waals surface area contributed by atoms with E-state index in [1.54, 1.807) is 0 Å². The van der Waals surface area contributed by atoms with Crippen molar-refractivity contribution in [2.45, 2.75) is 44.3 Å². The first-order chi connectivity index (χ1) is 7.15. The predicted molar refractivity (Wildman–Crippen MR) is 59.4 cm³/mol. The second-order valence-electron chi connectivity index (χ2n) is 4.83. The number of hydrogen-bond donors (Lipinski definition) is 1. The van der Waals surface area contributed by atoms with Crippen molar-refractivity contribution in [1.29, 1.82) is 0 Å². The van der Waals surface area contributed by atoms with Crippen molar-refractivity contribution >= 4 is 5.91 Å². The highest BCUT2D eigenvalue weighted by Crippen LogP contribution is 2.31. The molecule has 1 aliphatic carbocycles. The van der Waals surface area contributed by atoms with Crippen LogP contribution in [0.5, 0.6) is 0 Å². The molecule has 0 aromatic rings. The monoisotopic (exact) mass is 211 g/mol. The molecule has 15 heavy (non-hydrogen) atoms. The van der Waals surface area contributed by atoms with Crippen LogP contribution in [0.25, 0.3) is 0 Å². The summed E-state index contributed by atoms with van der Waals surface area (Å²) in [5.74, 6) is 0.295. The molecule has 1 saturated heterocycles. The van der Waals surface area contributed by atoms with Crippen molar-refractivity contribution in [2.75, 3.05) is 20.1 Å². The van der Waals surface area contributed by atoms with Crippen LogP contribution in [0.4, 0.5) is 0 Å². The number of nitrogens with zero attached hydrogens (tertiary/aromatic N) is 2. The minimum Gasteiger partial charge on any atom is -0.337 e. The van der Waals surface area contributed by atoms with E-state index < -0.39 is 0 Å². The third-order valence-electron chi connectivity index (χ3n) is 3.64. The van der Waals surface area contributed by atoms with Crippen LogP contribution < -0.4 is 5.73 Å². The molecule has 2 unspecified atom stereocenters. The van der Waals surface area contributed by atoms with Crippen molar-refractivity contribution in [1.82, 2.24) is 9.80 Å². The van der Waals surface area contributed by atoms with E-state index in [-0.39, 0.29) is 6.04 Å². The van der Waals surface area contributed by atoms with Crippen LogP contribution in [-0.4, -0.2) is 54.0 Å². The molecule has 2 atom stereocenters. The highest BCUT2D eigenvalue weighted by Gasteiger charge is 2.42. The van der Waals surface area contributed by atoms with Gasteiger partial charge in [-0.1, -0.05) is 0 Å². The first kappa shape index (κ1) is 10.9. The number of carbonyl (C=O) groups is 1. The van der Waals surface area contributed by atoms with Gasteiger partial charge in [0, 0.05) is 18.6 Å². The van der Waals surface area contributed by atoms with Crippen molar-refractivity contribution < 1.29 is 4.79 Å². The fourth-order valence-corrected chi connectivity index (χ4v) is 2.38. The Hall–Kier alpha value is -0.610. The molecule has 4 nitrogen and oxygen atoms in total. The van der Waals surface area contributed by atoms with Crippen LogP contribution >= 0.6 is 0 Å². The molecule has 1 heterocycles. The molecule has 1 amide bonds. The minimum absolute atomic E-state index is 0.0133. The molecule has 0 bridgehead atoms. The Morgan fingerprint density at radius 1 is 1.47 bits per heavy atom. The number of amides is 1. The molecule has 86 valence electrons. The fourth-order valence-electron chi connectivity index (χ4n) is 2.38. The molecule has 4 heteroatoms. The van der Waals surface area contributed by atoms with Crippen molar-refractivity contribution in [3.63, 3.8) is 0 Å². The lowest BCUT2D eigenvalue weighted by Gasteiger charge is -2.43. The molecular formula is C11H21N3O. The lowest BCUT2D eigenvalue weighted by atomic mass is 10.0. The summed E-state index contributed by atoms with van der Waals surface area (Å²) >= 11 is 0. The van der Waals surface area contributed by atoms with Gasteiger partial charge in [0.05, 0.1) is 6.04 Å². The highest BCUT2D eigenvalue weighted by atomic mass is 16.2. The third-order valence-corrected chi connectivity index (χ3v) is 3.64. The molecule has 2 fully saturated rings. The maximum atomic E-state index is 12.2. The largest absolute Gasteiger partial charge is 0.337 e. The molecule has 0 aromatic carbocycles. The second-order valence-corrected chi connectivity index (χ2v) is 4.83. The van der Waals surface area contributed by atoms with Gasteiger partial charge in [-0.15, -0.1) is 0 Å². The van der Waals surface area contributed by atoms with Gasteiger partial charge in [-0.05, 0) is 39.8 Å². The zero-order valence-electron chi connectivity index (χ0n) is 9.65. The Bertz CT molecular complexity index is 252. The molecule has 2 N–H and O–H groups in total. The summed E-state index contributed by atoms with van der Waals surface area (Å²) < 4.78 is 0. The third kappa shape index (κ3) is 2.01. The Labute approximate surface area is 91.4 Å². The van der Waals surface area contributed by atoms with E-state index in [2.05, 4.69) is 16.7 Å². The highest BCUT2D eigenvalue weighted by molar-refractivity contribution is 5.83. The summed E-state index contributed by atoms with van der Waals surface area (Å²) in [5.41, 5.74) is 5.57. The molecule has 2 aliphatic rings. The Kier molecular flexibility index (Phi) is 2.98. The van der Waals surface area contributed by atoms with Crippen LogP contribution in [0.1, 0.15) is 26.2 Å².